The molecule has 0 aliphatic rings. The van der Waals surface area contributed by atoms with E-state index in [1.165, 1.54) is 6.07 Å². The van der Waals surface area contributed by atoms with Crippen LogP contribution in [-0.2, 0) is 4.74 Å². The summed E-state index contributed by atoms with van der Waals surface area (Å²) < 4.78 is 5.06. The number of hydrogen-bond acceptors (Lipinski definition) is 4. The van der Waals surface area contributed by atoms with Gasteiger partial charge < -0.3 is 10.1 Å². The molecule has 0 saturated heterocycles. The number of hydrogen-bond donors (Lipinski definition) is 1. The fourth-order valence-corrected chi connectivity index (χ4v) is 1.44. The number of carbonyl (C=O) groups excluding carboxylic acids is 1. The van der Waals surface area contributed by atoms with Gasteiger partial charge in [0.15, 0.2) is 0 Å². The molecule has 0 radical (unpaired) electrons. The molecule has 0 saturated carbocycles. The number of ether oxygens (including phenoxy) is 1. The topological polar surface area (TPSA) is 81.5 Å². The van der Waals surface area contributed by atoms with Crippen LogP contribution in [0.2, 0.25) is 0 Å². The van der Waals surface area contributed by atoms with Crippen molar-refractivity contribution in [2.75, 3.05) is 6.54 Å². The Morgan fingerprint density at radius 1 is 1.40 bits per heavy atom. The Bertz CT molecular complexity index is 518. The van der Waals surface area contributed by atoms with Crippen molar-refractivity contribution in [2.24, 2.45) is 0 Å². The van der Waals surface area contributed by atoms with E-state index in [9.17, 15) is 14.9 Å². The first kappa shape index (κ1) is 15.7. The maximum Gasteiger partial charge on any atom is 0.407 e. The van der Waals surface area contributed by atoms with Crippen molar-refractivity contribution in [1.29, 1.82) is 0 Å². The third-order valence-electron chi connectivity index (χ3n) is 2.19. The van der Waals surface area contributed by atoms with Crippen LogP contribution in [0.3, 0.4) is 0 Å². The van der Waals surface area contributed by atoms with Gasteiger partial charge in [-0.05, 0) is 26.8 Å². The highest BCUT2D eigenvalue weighted by Crippen LogP contribution is 2.18. The van der Waals surface area contributed by atoms with Gasteiger partial charge in [-0.25, -0.2) is 4.79 Å². The summed E-state index contributed by atoms with van der Waals surface area (Å²) in [5.74, 6) is 0. The Kier molecular flexibility index (Phi) is 5.25. The largest absolute Gasteiger partial charge is 0.444 e. The number of nitro benzene ring substituents is 1. The lowest BCUT2D eigenvalue weighted by Crippen LogP contribution is -2.32. The number of benzene rings is 1. The third kappa shape index (κ3) is 5.51. The summed E-state index contributed by atoms with van der Waals surface area (Å²) in [4.78, 5) is 21.7. The predicted molar refractivity (Wildman–Crippen MR) is 76.4 cm³/mol. The fourth-order valence-electron chi connectivity index (χ4n) is 1.44. The Labute approximate surface area is 117 Å². The molecule has 0 aliphatic heterocycles. The molecule has 108 valence electrons. The molecule has 1 aromatic carbocycles. The number of para-hydroxylation sites is 1. The summed E-state index contributed by atoms with van der Waals surface area (Å²) in [5, 5.41) is 13.3. The molecule has 0 unspecified atom stereocenters. The maximum absolute atomic E-state index is 11.4. The van der Waals surface area contributed by atoms with E-state index >= 15 is 0 Å². The molecule has 0 atom stereocenters. The van der Waals surface area contributed by atoms with Crippen LogP contribution in [0.5, 0.6) is 0 Å². The van der Waals surface area contributed by atoms with Crippen LogP contribution in [0, 0.1) is 10.1 Å². The van der Waals surface area contributed by atoms with Crippen molar-refractivity contribution >= 4 is 17.9 Å². The summed E-state index contributed by atoms with van der Waals surface area (Å²) in [6.45, 7) is 5.56. The van der Waals surface area contributed by atoms with Crippen LogP contribution in [0.25, 0.3) is 6.08 Å². The first-order valence-electron chi connectivity index (χ1n) is 6.16. The number of nitrogens with zero attached hydrogens (tertiary/aromatic N) is 1. The normalized spacial score (nSPS) is 11.3. The second kappa shape index (κ2) is 6.70. The number of amides is 1. The maximum atomic E-state index is 11.4. The van der Waals surface area contributed by atoms with E-state index in [0.717, 1.165) is 0 Å². The van der Waals surface area contributed by atoms with E-state index < -0.39 is 16.6 Å². The lowest BCUT2D eigenvalue weighted by atomic mass is 10.1. The third-order valence-corrected chi connectivity index (χ3v) is 2.19. The number of nitro groups is 1. The van der Waals surface area contributed by atoms with E-state index in [1.807, 2.05) is 0 Å². The van der Waals surface area contributed by atoms with E-state index in [0.29, 0.717) is 5.56 Å². The SMILES string of the molecule is CC(C)(C)OC(=O)NCC=Cc1ccccc1[N+](=O)[O-]. The molecular formula is C14H18N2O4. The molecule has 1 N–H and O–H groups in total. The highest BCUT2D eigenvalue weighted by Gasteiger charge is 2.15. The van der Waals surface area contributed by atoms with Crippen LogP contribution in [0.15, 0.2) is 30.3 Å². The average molecular weight is 278 g/mol. The second-order valence-corrected chi connectivity index (χ2v) is 5.10. The van der Waals surface area contributed by atoms with E-state index in [-0.39, 0.29) is 12.2 Å². The van der Waals surface area contributed by atoms with Gasteiger partial charge >= 0.3 is 6.09 Å². The molecule has 6 heteroatoms. The number of alkyl carbamates (subject to hydrolysis) is 1. The van der Waals surface area contributed by atoms with Gasteiger partial charge in [0.1, 0.15) is 5.60 Å². The number of rotatable bonds is 4. The second-order valence-electron chi connectivity index (χ2n) is 5.10. The molecule has 20 heavy (non-hydrogen) atoms. The Morgan fingerprint density at radius 3 is 2.65 bits per heavy atom. The van der Waals surface area contributed by atoms with Gasteiger partial charge in [-0.3, -0.25) is 10.1 Å². The highest BCUT2D eigenvalue weighted by molar-refractivity contribution is 5.68. The van der Waals surface area contributed by atoms with E-state index in [2.05, 4.69) is 5.32 Å². The van der Waals surface area contributed by atoms with Crippen molar-refractivity contribution in [3.8, 4) is 0 Å². The molecular weight excluding hydrogens is 260 g/mol. The first-order valence-corrected chi connectivity index (χ1v) is 6.16. The first-order chi connectivity index (χ1) is 9.29. The Morgan fingerprint density at radius 2 is 2.05 bits per heavy atom. The zero-order valence-corrected chi connectivity index (χ0v) is 11.8. The molecule has 0 spiro atoms. The van der Waals surface area contributed by atoms with Crippen molar-refractivity contribution in [1.82, 2.24) is 5.32 Å². The van der Waals surface area contributed by atoms with Gasteiger partial charge in [0, 0.05) is 12.6 Å². The highest BCUT2D eigenvalue weighted by atomic mass is 16.6. The molecule has 1 amide bonds. The molecule has 1 rings (SSSR count). The minimum Gasteiger partial charge on any atom is -0.444 e. The van der Waals surface area contributed by atoms with E-state index in [1.54, 1.807) is 51.1 Å². The lowest BCUT2D eigenvalue weighted by Gasteiger charge is -2.19. The van der Waals surface area contributed by atoms with Crippen molar-refractivity contribution in [3.05, 3.63) is 46.0 Å². The standard InChI is InChI=1S/C14H18N2O4/c1-14(2,3)20-13(17)15-10-6-8-11-7-4-5-9-12(11)16(18)19/h4-9H,10H2,1-3H3,(H,15,17). The minimum absolute atomic E-state index is 0.0287. The minimum atomic E-state index is -0.550. The molecule has 1 aromatic rings. The molecule has 0 aromatic heterocycles. The molecule has 6 nitrogen and oxygen atoms in total. The van der Waals surface area contributed by atoms with Gasteiger partial charge in [-0.15, -0.1) is 0 Å². The van der Waals surface area contributed by atoms with Crippen LogP contribution in [0.1, 0.15) is 26.3 Å². The van der Waals surface area contributed by atoms with Gasteiger partial charge in [0.05, 0.1) is 10.5 Å². The van der Waals surface area contributed by atoms with Gasteiger partial charge in [0.25, 0.3) is 5.69 Å². The van der Waals surface area contributed by atoms with Crippen molar-refractivity contribution < 1.29 is 14.5 Å². The Hall–Kier alpha value is -2.37. The quantitative estimate of drug-likeness (QED) is 0.677. The van der Waals surface area contributed by atoms with Crippen LogP contribution in [-0.4, -0.2) is 23.2 Å². The average Bonchev–Trinajstić information content (AvgIpc) is 2.33. The summed E-state index contributed by atoms with van der Waals surface area (Å²) in [7, 11) is 0. The number of carbonyl (C=O) groups is 1. The zero-order valence-electron chi connectivity index (χ0n) is 11.8. The van der Waals surface area contributed by atoms with Gasteiger partial charge in [-0.2, -0.15) is 0 Å². The van der Waals surface area contributed by atoms with Crippen molar-refractivity contribution in [3.63, 3.8) is 0 Å². The summed E-state index contributed by atoms with van der Waals surface area (Å²) in [5.41, 5.74) is -0.0315. The predicted octanol–water partition coefficient (Wildman–Crippen LogP) is 3.13. The molecule has 0 heterocycles. The zero-order chi connectivity index (χ0) is 15.2. The lowest BCUT2D eigenvalue weighted by molar-refractivity contribution is -0.385. The molecule has 0 fully saturated rings. The molecule has 0 bridgehead atoms. The van der Waals surface area contributed by atoms with Crippen molar-refractivity contribution in [2.45, 2.75) is 26.4 Å². The van der Waals surface area contributed by atoms with Gasteiger partial charge in [-0.1, -0.05) is 24.3 Å². The van der Waals surface area contributed by atoms with Gasteiger partial charge in [0.2, 0.25) is 0 Å². The van der Waals surface area contributed by atoms with Crippen LogP contribution < -0.4 is 5.32 Å². The van der Waals surface area contributed by atoms with Crippen LogP contribution >= 0.6 is 0 Å². The van der Waals surface area contributed by atoms with Crippen LogP contribution in [0.4, 0.5) is 10.5 Å². The summed E-state index contributed by atoms with van der Waals surface area (Å²) in [6, 6.07) is 6.39. The monoisotopic (exact) mass is 278 g/mol. The fraction of sp³-hybridized carbons (Fsp3) is 0.357. The number of nitrogens with one attached hydrogen (secondary N) is 1. The molecule has 0 aliphatic carbocycles. The summed E-state index contributed by atoms with van der Waals surface area (Å²) in [6.07, 6.45) is 2.70. The smallest absolute Gasteiger partial charge is 0.407 e. The van der Waals surface area contributed by atoms with E-state index in [4.69, 9.17) is 4.74 Å². The summed E-state index contributed by atoms with van der Waals surface area (Å²) >= 11 is 0. The Balaban J connectivity index is 2.54.